The fourth-order valence-corrected chi connectivity index (χ4v) is 3.27. The van der Waals surface area contributed by atoms with Crippen molar-refractivity contribution < 1.29 is 13.2 Å². The van der Waals surface area contributed by atoms with Crippen molar-refractivity contribution >= 4 is 22.4 Å². The molecule has 26 heavy (non-hydrogen) atoms. The van der Waals surface area contributed by atoms with Crippen LogP contribution >= 0.6 is 12.4 Å². The van der Waals surface area contributed by atoms with Gasteiger partial charge in [-0.05, 0) is 37.1 Å². The molecule has 2 rings (SSSR count). The second kappa shape index (κ2) is 9.31. The summed E-state index contributed by atoms with van der Waals surface area (Å²) in [6.07, 6.45) is 2.84. The highest BCUT2D eigenvalue weighted by Gasteiger charge is 2.24. The standard InChI is InChI=1S/C16H25N5O3S.ClH/c1-4-16(17,5-2)11-20-25(22,23)14-8-6-13(7-9-14)24-10-15-18-12-19-21(15)3;/h6-9,12,20H,4-5,10-11,17H2,1-3H3;1H. The van der Waals surface area contributed by atoms with Gasteiger partial charge in [-0.2, -0.15) is 5.10 Å². The number of rotatable bonds is 9. The van der Waals surface area contributed by atoms with E-state index in [-0.39, 0.29) is 30.5 Å². The molecule has 0 spiro atoms. The average Bonchev–Trinajstić information content (AvgIpc) is 3.03. The van der Waals surface area contributed by atoms with Gasteiger partial charge in [-0.15, -0.1) is 12.4 Å². The number of nitrogens with one attached hydrogen (secondary N) is 1. The Morgan fingerprint density at radius 3 is 2.35 bits per heavy atom. The van der Waals surface area contributed by atoms with Crippen molar-refractivity contribution in [2.45, 2.75) is 43.7 Å². The zero-order valence-corrected chi connectivity index (χ0v) is 16.8. The third kappa shape index (κ3) is 5.66. The molecule has 0 saturated carbocycles. The maximum atomic E-state index is 12.4. The number of benzene rings is 1. The minimum atomic E-state index is -3.61. The van der Waals surface area contributed by atoms with Crippen LogP contribution in [0.15, 0.2) is 35.5 Å². The lowest BCUT2D eigenvalue weighted by Gasteiger charge is -2.26. The number of sulfonamides is 1. The van der Waals surface area contributed by atoms with Gasteiger partial charge >= 0.3 is 0 Å². The third-order valence-corrected chi connectivity index (χ3v) is 5.75. The third-order valence-electron chi connectivity index (χ3n) is 4.33. The van der Waals surface area contributed by atoms with Gasteiger partial charge in [-0.1, -0.05) is 13.8 Å². The fraction of sp³-hybridized carbons (Fsp3) is 0.500. The summed E-state index contributed by atoms with van der Waals surface area (Å²) >= 11 is 0. The molecule has 0 aliphatic carbocycles. The molecule has 1 aromatic heterocycles. The number of hydrogen-bond donors (Lipinski definition) is 2. The lowest BCUT2D eigenvalue weighted by Crippen LogP contribution is -2.49. The van der Waals surface area contributed by atoms with Crippen molar-refractivity contribution in [2.75, 3.05) is 6.54 Å². The second-order valence-electron chi connectivity index (χ2n) is 5.95. The molecule has 0 fully saturated rings. The van der Waals surface area contributed by atoms with Gasteiger partial charge in [0.25, 0.3) is 0 Å². The molecule has 2 aromatic rings. The predicted molar refractivity (Wildman–Crippen MR) is 102 cm³/mol. The van der Waals surface area contributed by atoms with Crippen molar-refractivity contribution in [1.29, 1.82) is 0 Å². The van der Waals surface area contributed by atoms with Crippen molar-refractivity contribution in [1.82, 2.24) is 19.5 Å². The molecule has 0 radical (unpaired) electrons. The normalized spacial score (nSPS) is 11.8. The summed E-state index contributed by atoms with van der Waals surface area (Å²) in [6.45, 7) is 4.35. The number of halogens is 1. The number of hydrogen-bond acceptors (Lipinski definition) is 6. The Morgan fingerprint density at radius 2 is 1.85 bits per heavy atom. The Hall–Kier alpha value is -1.68. The lowest BCUT2D eigenvalue weighted by atomic mass is 9.95. The Balaban J connectivity index is 0.00000338. The molecule has 0 atom stereocenters. The molecule has 8 nitrogen and oxygen atoms in total. The number of aromatic nitrogens is 3. The molecule has 0 aliphatic rings. The Bertz CT molecular complexity index is 788. The van der Waals surface area contributed by atoms with Gasteiger partial charge in [0.2, 0.25) is 10.0 Å². The Morgan fingerprint density at radius 1 is 1.23 bits per heavy atom. The molecule has 0 aliphatic heterocycles. The highest BCUT2D eigenvalue weighted by Crippen LogP contribution is 2.18. The van der Waals surface area contributed by atoms with Crippen LogP contribution in [0.25, 0.3) is 0 Å². The van der Waals surface area contributed by atoms with Crippen LogP contribution in [0.4, 0.5) is 0 Å². The molecule has 0 bridgehead atoms. The van der Waals surface area contributed by atoms with Crippen LogP contribution in [-0.2, 0) is 23.7 Å². The Kier molecular flexibility index (Phi) is 8.01. The van der Waals surface area contributed by atoms with Gasteiger partial charge in [0.05, 0.1) is 4.90 Å². The largest absolute Gasteiger partial charge is 0.486 e. The molecule has 0 amide bonds. The topological polar surface area (TPSA) is 112 Å². The quantitative estimate of drug-likeness (QED) is 0.657. The SMILES string of the molecule is CCC(N)(CC)CNS(=O)(=O)c1ccc(OCc2ncnn2C)cc1.Cl. The molecule has 1 aromatic carbocycles. The van der Waals surface area contributed by atoms with Crippen molar-refractivity contribution in [3.05, 3.63) is 36.4 Å². The zero-order valence-electron chi connectivity index (χ0n) is 15.2. The summed E-state index contributed by atoms with van der Waals surface area (Å²) in [4.78, 5) is 4.23. The number of nitrogens with zero attached hydrogens (tertiary/aromatic N) is 3. The summed E-state index contributed by atoms with van der Waals surface area (Å²) in [7, 11) is -1.83. The highest BCUT2D eigenvalue weighted by molar-refractivity contribution is 7.89. The fourth-order valence-electron chi connectivity index (χ4n) is 2.14. The van der Waals surface area contributed by atoms with E-state index in [4.69, 9.17) is 10.5 Å². The smallest absolute Gasteiger partial charge is 0.240 e. The van der Waals surface area contributed by atoms with Gasteiger partial charge in [0.15, 0.2) is 5.82 Å². The van der Waals surface area contributed by atoms with E-state index in [1.165, 1.54) is 18.5 Å². The minimum Gasteiger partial charge on any atom is -0.486 e. The summed E-state index contributed by atoms with van der Waals surface area (Å²) in [5.74, 6) is 1.23. The highest BCUT2D eigenvalue weighted by atomic mass is 35.5. The molecule has 0 unspecified atom stereocenters. The van der Waals surface area contributed by atoms with Gasteiger partial charge in [0, 0.05) is 19.1 Å². The molecule has 1 heterocycles. The van der Waals surface area contributed by atoms with E-state index < -0.39 is 15.6 Å². The van der Waals surface area contributed by atoms with E-state index in [0.717, 1.165) is 0 Å². The zero-order chi connectivity index (χ0) is 18.5. The molecular weight excluding hydrogens is 378 g/mol. The minimum absolute atomic E-state index is 0. The maximum absolute atomic E-state index is 12.4. The van der Waals surface area contributed by atoms with E-state index in [1.54, 1.807) is 23.9 Å². The molecule has 146 valence electrons. The first kappa shape index (κ1) is 22.4. The van der Waals surface area contributed by atoms with Crippen LogP contribution in [0, 0.1) is 0 Å². The first-order chi connectivity index (χ1) is 11.8. The molecule has 3 N–H and O–H groups in total. The number of ether oxygens (including phenoxy) is 1. The predicted octanol–water partition coefficient (Wildman–Crippen LogP) is 1.61. The number of aryl methyl sites for hydroxylation is 1. The summed E-state index contributed by atoms with van der Waals surface area (Å²) < 4.78 is 34.6. The van der Waals surface area contributed by atoms with Gasteiger partial charge in [-0.3, -0.25) is 4.68 Å². The van der Waals surface area contributed by atoms with Crippen LogP contribution in [0.5, 0.6) is 5.75 Å². The second-order valence-corrected chi connectivity index (χ2v) is 7.72. The van der Waals surface area contributed by atoms with Crippen LogP contribution in [0.2, 0.25) is 0 Å². The lowest BCUT2D eigenvalue weighted by molar-refractivity contribution is 0.289. The Labute approximate surface area is 160 Å². The monoisotopic (exact) mass is 403 g/mol. The van der Waals surface area contributed by atoms with E-state index in [9.17, 15) is 8.42 Å². The van der Waals surface area contributed by atoms with Crippen molar-refractivity contribution in [2.24, 2.45) is 12.8 Å². The van der Waals surface area contributed by atoms with Crippen LogP contribution < -0.4 is 15.2 Å². The van der Waals surface area contributed by atoms with Crippen LogP contribution in [-0.4, -0.2) is 35.3 Å². The summed E-state index contributed by atoms with van der Waals surface area (Å²) in [5, 5.41) is 3.96. The van der Waals surface area contributed by atoms with Gasteiger partial charge in [0.1, 0.15) is 18.7 Å². The van der Waals surface area contributed by atoms with E-state index >= 15 is 0 Å². The van der Waals surface area contributed by atoms with E-state index in [2.05, 4.69) is 14.8 Å². The van der Waals surface area contributed by atoms with Crippen molar-refractivity contribution in [3.63, 3.8) is 0 Å². The van der Waals surface area contributed by atoms with Gasteiger partial charge < -0.3 is 10.5 Å². The number of nitrogens with two attached hydrogens (primary N) is 1. The average molecular weight is 404 g/mol. The maximum Gasteiger partial charge on any atom is 0.240 e. The molecular formula is C16H26ClN5O3S. The first-order valence-corrected chi connectivity index (χ1v) is 9.62. The van der Waals surface area contributed by atoms with Gasteiger partial charge in [-0.25, -0.2) is 18.1 Å². The first-order valence-electron chi connectivity index (χ1n) is 8.14. The van der Waals surface area contributed by atoms with Crippen LogP contribution in [0.3, 0.4) is 0 Å². The van der Waals surface area contributed by atoms with Crippen LogP contribution in [0.1, 0.15) is 32.5 Å². The van der Waals surface area contributed by atoms with Crippen molar-refractivity contribution in [3.8, 4) is 5.75 Å². The molecule has 10 heteroatoms. The van der Waals surface area contributed by atoms with E-state index in [0.29, 0.717) is 24.4 Å². The van der Waals surface area contributed by atoms with E-state index in [1.807, 2.05) is 13.8 Å². The summed E-state index contributed by atoms with van der Waals surface area (Å²) in [6, 6.07) is 6.23. The molecule has 0 saturated heterocycles. The summed E-state index contributed by atoms with van der Waals surface area (Å²) in [5.41, 5.74) is 5.61.